The summed E-state index contributed by atoms with van der Waals surface area (Å²) < 4.78 is 11.9. The Bertz CT molecular complexity index is 688. The SMILES string of the molecule is c1ccc2c(OCC(CN3CCOCC3)N3CCCCC3)cccc2c1. The van der Waals surface area contributed by atoms with E-state index in [4.69, 9.17) is 9.47 Å². The molecule has 1 atom stereocenters. The van der Waals surface area contributed by atoms with Crippen LogP contribution in [0.15, 0.2) is 42.5 Å². The minimum absolute atomic E-state index is 0.451. The van der Waals surface area contributed by atoms with E-state index in [1.54, 1.807) is 0 Å². The largest absolute Gasteiger partial charge is 0.491 e. The zero-order chi connectivity index (χ0) is 17.6. The molecule has 2 aromatic carbocycles. The summed E-state index contributed by atoms with van der Waals surface area (Å²) in [5.41, 5.74) is 0. The van der Waals surface area contributed by atoms with Crippen LogP contribution in [-0.2, 0) is 4.74 Å². The van der Waals surface area contributed by atoms with Crippen molar-refractivity contribution < 1.29 is 9.47 Å². The van der Waals surface area contributed by atoms with E-state index in [1.807, 2.05) is 0 Å². The van der Waals surface area contributed by atoms with Crippen LogP contribution in [0.4, 0.5) is 0 Å². The molecule has 2 aliphatic heterocycles. The van der Waals surface area contributed by atoms with E-state index in [-0.39, 0.29) is 0 Å². The van der Waals surface area contributed by atoms with E-state index in [2.05, 4.69) is 52.3 Å². The van der Waals surface area contributed by atoms with E-state index >= 15 is 0 Å². The number of hydrogen-bond acceptors (Lipinski definition) is 4. The molecule has 0 saturated carbocycles. The number of ether oxygens (including phenoxy) is 2. The van der Waals surface area contributed by atoms with Gasteiger partial charge in [-0.05, 0) is 37.4 Å². The molecule has 140 valence electrons. The van der Waals surface area contributed by atoms with Crippen LogP contribution in [0.1, 0.15) is 19.3 Å². The molecular formula is C22H30N2O2. The molecule has 0 spiro atoms. The highest BCUT2D eigenvalue weighted by Gasteiger charge is 2.25. The molecule has 2 aliphatic rings. The predicted octanol–water partition coefficient (Wildman–Crippen LogP) is 3.41. The van der Waals surface area contributed by atoms with Gasteiger partial charge in [0.1, 0.15) is 12.4 Å². The summed E-state index contributed by atoms with van der Waals surface area (Å²) in [6, 6.07) is 15.3. The molecule has 0 radical (unpaired) electrons. The average molecular weight is 354 g/mol. The van der Waals surface area contributed by atoms with Crippen molar-refractivity contribution in [2.75, 3.05) is 52.5 Å². The monoisotopic (exact) mass is 354 g/mol. The van der Waals surface area contributed by atoms with E-state index in [1.165, 1.54) is 43.1 Å². The molecule has 2 saturated heterocycles. The lowest BCUT2D eigenvalue weighted by atomic mass is 10.1. The van der Waals surface area contributed by atoms with Crippen molar-refractivity contribution in [2.24, 2.45) is 0 Å². The van der Waals surface area contributed by atoms with Gasteiger partial charge < -0.3 is 9.47 Å². The molecule has 0 N–H and O–H groups in total. The Balaban J connectivity index is 1.46. The maximum absolute atomic E-state index is 6.38. The highest BCUT2D eigenvalue weighted by atomic mass is 16.5. The van der Waals surface area contributed by atoms with Crippen molar-refractivity contribution >= 4 is 10.8 Å². The first-order chi connectivity index (χ1) is 12.9. The van der Waals surface area contributed by atoms with E-state index in [0.717, 1.165) is 45.2 Å². The predicted molar refractivity (Wildman–Crippen MR) is 106 cm³/mol. The van der Waals surface area contributed by atoms with Gasteiger partial charge in [-0.25, -0.2) is 0 Å². The molecule has 4 heteroatoms. The molecule has 2 heterocycles. The number of hydrogen-bond donors (Lipinski definition) is 0. The standard InChI is InChI=1S/C22H30N2O2/c1-4-11-24(12-5-1)20(17-23-13-15-25-16-14-23)18-26-22-10-6-8-19-7-2-3-9-21(19)22/h2-3,6-10,20H,1,4-5,11-18H2. The molecule has 4 rings (SSSR count). The third-order valence-corrected chi connectivity index (χ3v) is 5.66. The Morgan fingerprint density at radius 2 is 1.65 bits per heavy atom. The number of nitrogens with zero attached hydrogens (tertiary/aromatic N) is 2. The number of morpholine rings is 1. The minimum atomic E-state index is 0.451. The fourth-order valence-corrected chi connectivity index (χ4v) is 4.15. The Hall–Kier alpha value is -1.62. The number of rotatable bonds is 6. The van der Waals surface area contributed by atoms with Gasteiger partial charge in [-0.2, -0.15) is 0 Å². The van der Waals surface area contributed by atoms with Crippen LogP contribution in [0.5, 0.6) is 5.75 Å². The summed E-state index contributed by atoms with van der Waals surface area (Å²) in [5.74, 6) is 1.01. The Kier molecular flexibility index (Phi) is 6.05. The number of piperidine rings is 1. The minimum Gasteiger partial charge on any atom is -0.491 e. The second kappa shape index (κ2) is 8.85. The molecule has 0 aliphatic carbocycles. The van der Waals surface area contributed by atoms with Gasteiger partial charge in [0, 0.05) is 25.0 Å². The lowest BCUT2D eigenvalue weighted by molar-refractivity contribution is 0.0125. The van der Waals surface area contributed by atoms with Gasteiger partial charge in [0.15, 0.2) is 0 Å². The van der Waals surface area contributed by atoms with Gasteiger partial charge >= 0.3 is 0 Å². The van der Waals surface area contributed by atoms with Crippen LogP contribution in [-0.4, -0.2) is 68.4 Å². The van der Waals surface area contributed by atoms with Crippen LogP contribution >= 0.6 is 0 Å². The lowest BCUT2D eigenvalue weighted by Crippen LogP contribution is -2.51. The van der Waals surface area contributed by atoms with Crippen LogP contribution in [0.3, 0.4) is 0 Å². The summed E-state index contributed by atoms with van der Waals surface area (Å²) in [6.07, 6.45) is 3.99. The summed E-state index contributed by atoms with van der Waals surface area (Å²) in [5, 5.41) is 2.45. The topological polar surface area (TPSA) is 24.9 Å². The molecule has 1 unspecified atom stereocenters. The second-order valence-electron chi connectivity index (χ2n) is 7.45. The Morgan fingerprint density at radius 1 is 0.885 bits per heavy atom. The third-order valence-electron chi connectivity index (χ3n) is 5.66. The number of benzene rings is 2. The fraction of sp³-hybridized carbons (Fsp3) is 0.545. The van der Waals surface area contributed by atoms with E-state index in [0.29, 0.717) is 6.04 Å². The van der Waals surface area contributed by atoms with Gasteiger partial charge in [-0.15, -0.1) is 0 Å². The van der Waals surface area contributed by atoms with Gasteiger partial charge in [-0.3, -0.25) is 9.80 Å². The summed E-state index contributed by atoms with van der Waals surface area (Å²) in [4.78, 5) is 5.18. The van der Waals surface area contributed by atoms with Gasteiger partial charge in [-0.1, -0.05) is 42.8 Å². The van der Waals surface area contributed by atoms with Crippen molar-refractivity contribution in [1.29, 1.82) is 0 Å². The van der Waals surface area contributed by atoms with Crippen molar-refractivity contribution in [2.45, 2.75) is 25.3 Å². The third kappa shape index (κ3) is 4.37. The maximum atomic E-state index is 6.38. The summed E-state index contributed by atoms with van der Waals surface area (Å²) in [6.45, 7) is 8.03. The van der Waals surface area contributed by atoms with Crippen LogP contribution in [0, 0.1) is 0 Å². The van der Waals surface area contributed by atoms with Crippen LogP contribution < -0.4 is 4.74 Å². The fourth-order valence-electron chi connectivity index (χ4n) is 4.15. The van der Waals surface area contributed by atoms with Crippen molar-refractivity contribution in [1.82, 2.24) is 9.80 Å². The first-order valence-corrected chi connectivity index (χ1v) is 10.0. The van der Waals surface area contributed by atoms with Gasteiger partial charge in [0.05, 0.1) is 19.3 Å². The van der Waals surface area contributed by atoms with Crippen LogP contribution in [0.2, 0.25) is 0 Å². The highest BCUT2D eigenvalue weighted by Crippen LogP contribution is 2.26. The number of fused-ring (bicyclic) bond motifs is 1. The van der Waals surface area contributed by atoms with Crippen molar-refractivity contribution in [3.8, 4) is 5.75 Å². The zero-order valence-electron chi connectivity index (χ0n) is 15.6. The summed E-state index contributed by atoms with van der Waals surface area (Å²) >= 11 is 0. The molecule has 2 fully saturated rings. The normalized spacial score (nSPS) is 20.9. The van der Waals surface area contributed by atoms with Gasteiger partial charge in [0.25, 0.3) is 0 Å². The van der Waals surface area contributed by atoms with E-state index in [9.17, 15) is 0 Å². The first-order valence-electron chi connectivity index (χ1n) is 10.0. The van der Waals surface area contributed by atoms with Crippen molar-refractivity contribution in [3.05, 3.63) is 42.5 Å². The molecule has 4 nitrogen and oxygen atoms in total. The molecule has 26 heavy (non-hydrogen) atoms. The molecular weight excluding hydrogens is 324 g/mol. The van der Waals surface area contributed by atoms with Crippen molar-refractivity contribution in [3.63, 3.8) is 0 Å². The average Bonchev–Trinajstić information content (AvgIpc) is 2.72. The maximum Gasteiger partial charge on any atom is 0.127 e. The quantitative estimate of drug-likeness (QED) is 0.794. The zero-order valence-corrected chi connectivity index (χ0v) is 15.6. The molecule has 0 amide bonds. The smallest absolute Gasteiger partial charge is 0.127 e. The molecule has 0 aromatic heterocycles. The second-order valence-corrected chi connectivity index (χ2v) is 7.45. The highest BCUT2D eigenvalue weighted by molar-refractivity contribution is 5.88. The van der Waals surface area contributed by atoms with Crippen LogP contribution in [0.25, 0.3) is 10.8 Å². The Labute approximate surface area is 156 Å². The van der Waals surface area contributed by atoms with E-state index < -0.39 is 0 Å². The first kappa shape index (κ1) is 17.8. The number of likely N-dealkylation sites (tertiary alicyclic amines) is 1. The molecule has 2 aromatic rings. The summed E-state index contributed by atoms with van der Waals surface area (Å²) in [7, 11) is 0. The van der Waals surface area contributed by atoms with Gasteiger partial charge in [0.2, 0.25) is 0 Å². The lowest BCUT2D eigenvalue weighted by Gasteiger charge is -2.38. The Morgan fingerprint density at radius 3 is 2.50 bits per heavy atom. The molecule has 0 bridgehead atoms.